The minimum atomic E-state index is -0.325. The first-order valence-corrected chi connectivity index (χ1v) is 14.4. The summed E-state index contributed by atoms with van der Waals surface area (Å²) < 4.78 is 11.0. The van der Waals surface area contributed by atoms with Gasteiger partial charge in [-0.3, -0.25) is 0 Å². The largest absolute Gasteiger partial charge is 0.378 e. The molecule has 1 aromatic heterocycles. The molecule has 1 aromatic carbocycles. The summed E-state index contributed by atoms with van der Waals surface area (Å²) in [5.74, 6) is 1.36. The number of ether oxygens (including phenoxy) is 2. The first kappa shape index (κ1) is 26.9. The van der Waals surface area contributed by atoms with Crippen LogP contribution in [-0.2, 0) is 9.47 Å². The summed E-state index contributed by atoms with van der Waals surface area (Å²) in [5, 5.41) is 6.32. The number of carbonyl (C=O) groups excluding carboxylic acids is 1. The summed E-state index contributed by atoms with van der Waals surface area (Å²) in [4.78, 5) is 28.3. The number of carbonyl (C=O) groups is 1. The minimum Gasteiger partial charge on any atom is -0.378 e. The van der Waals surface area contributed by atoms with Gasteiger partial charge in [-0.05, 0) is 36.6 Å². The van der Waals surface area contributed by atoms with Gasteiger partial charge in [0.05, 0.1) is 42.7 Å². The van der Waals surface area contributed by atoms with Crippen LogP contribution in [0.5, 0.6) is 0 Å². The second kappa shape index (κ2) is 12.4. The number of nitrogens with zero attached hydrogens (tertiary/aromatic N) is 4. The van der Waals surface area contributed by atoms with Gasteiger partial charge in [0.1, 0.15) is 11.0 Å². The highest BCUT2D eigenvalue weighted by atomic mass is 35.5. The number of hydrogen-bond donors (Lipinski definition) is 2. The summed E-state index contributed by atoms with van der Waals surface area (Å²) in [6.07, 6.45) is 6.51. The molecule has 2 amide bonds. The maximum Gasteiger partial charge on any atom is 0.323 e. The van der Waals surface area contributed by atoms with E-state index in [-0.39, 0.29) is 6.03 Å². The molecular weight excluding hydrogens is 544 g/mol. The zero-order valence-electron chi connectivity index (χ0n) is 21.0. The van der Waals surface area contributed by atoms with E-state index in [1.165, 1.54) is 11.8 Å². The second-order valence-corrected chi connectivity index (χ2v) is 10.6. The Hall–Kier alpha value is -2.70. The molecule has 3 heterocycles. The van der Waals surface area contributed by atoms with E-state index in [0.717, 1.165) is 58.7 Å². The Kier molecular flexibility index (Phi) is 8.80. The fourth-order valence-electron chi connectivity index (χ4n) is 4.47. The number of halogens is 1. The van der Waals surface area contributed by atoms with Crippen LogP contribution in [0.2, 0.25) is 5.15 Å². The molecule has 2 aromatic rings. The maximum absolute atomic E-state index is 12.9. The highest BCUT2D eigenvalue weighted by molar-refractivity contribution is 7.98. The van der Waals surface area contributed by atoms with Crippen molar-refractivity contribution in [3.05, 3.63) is 53.0 Å². The van der Waals surface area contributed by atoms with Crippen molar-refractivity contribution in [1.82, 2.24) is 20.2 Å². The van der Waals surface area contributed by atoms with Crippen LogP contribution in [0.15, 0.2) is 52.7 Å². The molecule has 38 heavy (non-hydrogen) atoms. The maximum atomic E-state index is 12.9. The van der Waals surface area contributed by atoms with Crippen LogP contribution in [0.4, 0.5) is 16.3 Å². The Morgan fingerprint density at radius 2 is 1.66 bits per heavy atom. The quantitative estimate of drug-likeness (QED) is 0.298. The van der Waals surface area contributed by atoms with E-state index in [2.05, 4.69) is 25.4 Å². The van der Waals surface area contributed by atoms with Gasteiger partial charge in [-0.15, -0.1) is 11.8 Å². The fraction of sp³-hybridized carbons (Fsp3) is 0.385. The van der Waals surface area contributed by atoms with Gasteiger partial charge < -0.3 is 29.9 Å². The number of anilines is 2. The number of nitrogens with one attached hydrogen (secondary N) is 2. The van der Waals surface area contributed by atoms with Crippen molar-refractivity contribution < 1.29 is 14.3 Å². The highest BCUT2D eigenvalue weighted by Crippen LogP contribution is 2.35. The minimum absolute atomic E-state index is 0.325. The van der Waals surface area contributed by atoms with Gasteiger partial charge >= 0.3 is 6.03 Å². The van der Waals surface area contributed by atoms with Crippen molar-refractivity contribution in [2.75, 3.05) is 69.1 Å². The van der Waals surface area contributed by atoms with Gasteiger partial charge in [-0.25, -0.2) is 14.8 Å². The molecule has 2 fully saturated rings. The molecule has 1 aliphatic carbocycles. The van der Waals surface area contributed by atoms with Crippen molar-refractivity contribution in [2.45, 2.75) is 11.3 Å². The smallest absolute Gasteiger partial charge is 0.323 e. The normalized spacial score (nSPS) is 18.1. The summed E-state index contributed by atoms with van der Waals surface area (Å²) in [7, 11) is 0. The van der Waals surface area contributed by atoms with Crippen LogP contribution < -0.4 is 15.5 Å². The Bertz CT molecular complexity index is 1260. The number of aromatic nitrogens is 2. The average molecular weight is 573 g/mol. The number of benzene rings is 1. The molecular formula is C26H29ClN6O3S2. The molecule has 2 N–H and O–H groups in total. The number of urea groups is 1. The molecule has 3 aliphatic rings. The SMILES string of the molecule is CSc1c(Cl)nc(-c2ccc(NC(=O)NC3=CCC(=S)C=C3N3CCOCC3)cc2)nc1N1CCOCC1. The van der Waals surface area contributed by atoms with Gasteiger partial charge in [0, 0.05) is 48.7 Å². The van der Waals surface area contributed by atoms with Crippen molar-refractivity contribution in [3.63, 3.8) is 0 Å². The van der Waals surface area contributed by atoms with Crippen molar-refractivity contribution in [2.24, 2.45) is 0 Å². The molecule has 12 heteroatoms. The molecule has 0 bridgehead atoms. The second-order valence-electron chi connectivity index (χ2n) is 8.87. The number of amides is 2. The van der Waals surface area contributed by atoms with E-state index in [4.69, 9.17) is 38.3 Å². The Morgan fingerprint density at radius 3 is 2.32 bits per heavy atom. The predicted octanol–water partition coefficient (Wildman–Crippen LogP) is 4.35. The first-order valence-electron chi connectivity index (χ1n) is 12.4. The Balaban J connectivity index is 1.27. The number of thiocarbonyl (C=S) groups is 1. The molecule has 0 unspecified atom stereocenters. The van der Waals surface area contributed by atoms with Gasteiger partial charge in [0.25, 0.3) is 0 Å². The standard InChI is InChI=1S/C26H29ClN6O3S2/c1-38-22-23(27)30-24(31-25(22)33-10-14-36-15-11-33)17-2-4-18(5-3-17)28-26(34)29-20-7-6-19(37)16-21(20)32-8-12-35-13-9-32/h2-5,7,16H,6,8-15H2,1H3,(H2,28,29,34). The van der Waals surface area contributed by atoms with Gasteiger partial charge in [-0.2, -0.15) is 0 Å². The molecule has 0 atom stereocenters. The lowest BCUT2D eigenvalue weighted by atomic mass is 10.1. The molecule has 5 rings (SSSR count). The highest BCUT2D eigenvalue weighted by Gasteiger charge is 2.23. The van der Waals surface area contributed by atoms with Crippen molar-refractivity contribution >= 4 is 58.0 Å². The topological polar surface area (TPSA) is 91.9 Å². The van der Waals surface area contributed by atoms with Crippen LogP contribution in [0, 0.1) is 0 Å². The van der Waals surface area contributed by atoms with Gasteiger partial charge in [0.15, 0.2) is 5.82 Å². The summed E-state index contributed by atoms with van der Waals surface area (Å²) in [6, 6.07) is 7.08. The average Bonchev–Trinajstić information content (AvgIpc) is 2.95. The number of rotatable bonds is 6. The number of allylic oxidation sites excluding steroid dienone is 2. The zero-order chi connectivity index (χ0) is 26.5. The summed E-state index contributed by atoms with van der Waals surface area (Å²) >= 11 is 13.5. The number of hydrogen-bond acceptors (Lipinski definition) is 9. The van der Waals surface area contributed by atoms with E-state index < -0.39 is 0 Å². The zero-order valence-corrected chi connectivity index (χ0v) is 23.4. The van der Waals surface area contributed by atoms with Crippen LogP contribution in [0.25, 0.3) is 11.4 Å². The van der Waals surface area contributed by atoms with E-state index in [0.29, 0.717) is 49.5 Å². The fourth-order valence-corrected chi connectivity index (χ4v) is 5.63. The van der Waals surface area contributed by atoms with Gasteiger partial charge in [0.2, 0.25) is 0 Å². The Morgan fingerprint density at radius 1 is 1.00 bits per heavy atom. The predicted molar refractivity (Wildman–Crippen MR) is 155 cm³/mol. The molecule has 0 saturated carbocycles. The Labute approximate surface area is 236 Å². The lowest BCUT2D eigenvalue weighted by Gasteiger charge is -2.33. The van der Waals surface area contributed by atoms with E-state index in [1.54, 1.807) is 0 Å². The molecule has 0 spiro atoms. The third-order valence-electron chi connectivity index (χ3n) is 6.40. The van der Waals surface area contributed by atoms with E-state index in [9.17, 15) is 4.79 Å². The van der Waals surface area contributed by atoms with E-state index in [1.807, 2.05) is 42.7 Å². The van der Waals surface area contributed by atoms with E-state index >= 15 is 0 Å². The van der Waals surface area contributed by atoms with Crippen LogP contribution in [0.3, 0.4) is 0 Å². The lowest BCUT2D eigenvalue weighted by Crippen LogP contribution is -2.40. The van der Waals surface area contributed by atoms with Crippen molar-refractivity contribution in [3.8, 4) is 11.4 Å². The lowest BCUT2D eigenvalue weighted by molar-refractivity contribution is 0.0545. The monoisotopic (exact) mass is 572 g/mol. The van der Waals surface area contributed by atoms with Crippen LogP contribution in [-0.4, -0.2) is 84.6 Å². The molecule has 200 valence electrons. The summed E-state index contributed by atoms with van der Waals surface area (Å²) in [6.45, 7) is 5.63. The molecule has 9 nitrogen and oxygen atoms in total. The number of thioether (sulfide) groups is 1. The van der Waals surface area contributed by atoms with Gasteiger partial charge in [-0.1, -0.05) is 29.9 Å². The third kappa shape index (κ3) is 6.29. The van der Waals surface area contributed by atoms with Crippen LogP contribution in [0.1, 0.15) is 6.42 Å². The molecule has 2 saturated heterocycles. The number of morpholine rings is 2. The van der Waals surface area contributed by atoms with Crippen molar-refractivity contribution in [1.29, 1.82) is 0 Å². The first-order chi connectivity index (χ1) is 18.5. The third-order valence-corrected chi connectivity index (χ3v) is 7.86. The molecule has 0 radical (unpaired) electrons. The van der Waals surface area contributed by atoms with Crippen LogP contribution >= 0.6 is 35.6 Å². The summed E-state index contributed by atoms with van der Waals surface area (Å²) in [5.41, 5.74) is 3.13. The molecule has 2 aliphatic heterocycles.